The molecule has 0 aliphatic heterocycles. The molecule has 0 bridgehead atoms. The number of aliphatic hydroxyl groups excluding tert-OH is 1. The Bertz CT molecular complexity index is 685. The molecule has 4 aliphatic carbocycles. The average molecular weight is 391 g/mol. The summed E-state index contributed by atoms with van der Waals surface area (Å²) in [6, 6.07) is 0. The zero-order valence-electron chi connectivity index (χ0n) is 17.1. The van der Waals surface area contributed by atoms with Gasteiger partial charge >= 0.3 is 0 Å². The van der Waals surface area contributed by atoms with Crippen molar-refractivity contribution in [2.45, 2.75) is 76.9 Å². The first-order valence-corrected chi connectivity index (χ1v) is 11.8. The first-order valence-electron chi connectivity index (χ1n) is 10.8. The van der Waals surface area contributed by atoms with Gasteiger partial charge in [0, 0.05) is 12.2 Å². The first-order chi connectivity index (χ1) is 12.8. The SMILES string of the molecule is CC(=O)C1(SCCO)CCC2C3CCC4=CC(=O)CCC4(C)C3CCC21C. The van der Waals surface area contributed by atoms with Gasteiger partial charge in [0.15, 0.2) is 5.78 Å². The molecule has 0 saturated heterocycles. The van der Waals surface area contributed by atoms with E-state index < -0.39 is 0 Å². The minimum atomic E-state index is -0.315. The number of aliphatic hydroxyl groups is 1. The Morgan fingerprint density at radius 3 is 2.59 bits per heavy atom. The van der Waals surface area contributed by atoms with Crippen molar-refractivity contribution in [1.29, 1.82) is 0 Å². The topological polar surface area (TPSA) is 54.4 Å². The Labute approximate surface area is 167 Å². The van der Waals surface area contributed by atoms with E-state index in [1.165, 1.54) is 18.4 Å². The molecule has 3 saturated carbocycles. The van der Waals surface area contributed by atoms with E-state index in [9.17, 15) is 14.7 Å². The molecular formula is C23H34O3S. The number of allylic oxidation sites excluding steroid dienone is 1. The van der Waals surface area contributed by atoms with Gasteiger partial charge < -0.3 is 5.11 Å². The summed E-state index contributed by atoms with van der Waals surface area (Å²) < 4.78 is -0.315. The fourth-order valence-electron chi connectivity index (χ4n) is 7.69. The molecule has 1 N–H and O–H groups in total. The number of carbonyl (C=O) groups excluding carboxylic acids is 2. The van der Waals surface area contributed by atoms with Gasteiger partial charge in [0.25, 0.3) is 0 Å². The van der Waals surface area contributed by atoms with Crippen molar-refractivity contribution < 1.29 is 14.7 Å². The lowest BCUT2D eigenvalue weighted by Crippen LogP contribution is -2.56. The fourth-order valence-corrected chi connectivity index (χ4v) is 9.18. The van der Waals surface area contributed by atoms with Crippen LogP contribution in [-0.2, 0) is 9.59 Å². The highest BCUT2D eigenvalue weighted by Crippen LogP contribution is 2.70. The van der Waals surface area contributed by atoms with E-state index in [1.807, 2.05) is 6.08 Å². The monoisotopic (exact) mass is 390 g/mol. The van der Waals surface area contributed by atoms with Crippen LogP contribution < -0.4 is 0 Å². The van der Waals surface area contributed by atoms with Crippen molar-refractivity contribution in [1.82, 2.24) is 0 Å². The number of carbonyl (C=O) groups is 2. The minimum absolute atomic E-state index is 0.0436. The van der Waals surface area contributed by atoms with Crippen LogP contribution in [0.2, 0.25) is 0 Å². The normalized spacial score (nSPS) is 46.3. The zero-order valence-corrected chi connectivity index (χ0v) is 17.9. The second kappa shape index (κ2) is 6.73. The number of Topliss-reactive ketones (excluding diaryl/α,β-unsaturated/α-hetero) is 1. The molecule has 0 aromatic carbocycles. The third-order valence-corrected chi connectivity index (χ3v) is 10.9. The summed E-state index contributed by atoms with van der Waals surface area (Å²) >= 11 is 1.73. The molecule has 3 nitrogen and oxygen atoms in total. The number of thioether (sulfide) groups is 1. The van der Waals surface area contributed by atoms with Gasteiger partial charge in [-0.25, -0.2) is 0 Å². The zero-order chi connectivity index (χ0) is 19.4. The number of ketones is 2. The van der Waals surface area contributed by atoms with Crippen LogP contribution in [0.4, 0.5) is 0 Å². The second-order valence-corrected chi connectivity index (χ2v) is 11.3. The van der Waals surface area contributed by atoms with Crippen LogP contribution in [-0.4, -0.2) is 33.8 Å². The molecule has 4 rings (SSSR count). The quantitative estimate of drug-likeness (QED) is 0.764. The summed E-state index contributed by atoms with van der Waals surface area (Å²) in [5, 5.41) is 9.41. The van der Waals surface area contributed by atoms with Gasteiger partial charge in [-0.05, 0) is 86.5 Å². The Balaban J connectivity index is 1.67. The highest BCUT2D eigenvalue weighted by atomic mass is 32.2. The van der Waals surface area contributed by atoms with E-state index in [4.69, 9.17) is 0 Å². The molecule has 6 atom stereocenters. The van der Waals surface area contributed by atoms with Crippen molar-refractivity contribution in [2.24, 2.45) is 28.6 Å². The Morgan fingerprint density at radius 2 is 1.89 bits per heavy atom. The number of rotatable bonds is 4. The van der Waals surface area contributed by atoms with Crippen LogP contribution in [0.5, 0.6) is 0 Å². The Kier molecular flexibility index (Phi) is 4.91. The lowest BCUT2D eigenvalue weighted by molar-refractivity contribution is -0.125. The predicted octanol–water partition coefficient (Wildman–Crippen LogP) is 4.57. The van der Waals surface area contributed by atoms with E-state index in [2.05, 4.69) is 13.8 Å². The standard InChI is InChI=1S/C23H34O3S/c1-15(25)23(27-13-12-24)11-8-20-18-5-4-16-14-17(26)6-9-21(16,2)19(18)7-10-22(20,23)3/h14,18-20,24H,4-13H2,1-3H3. The molecule has 0 spiro atoms. The van der Waals surface area contributed by atoms with Gasteiger partial charge in [-0.2, -0.15) is 0 Å². The van der Waals surface area contributed by atoms with Gasteiger partial charge in [-0.3, -0.25) is 9.59 Å². The van der Waals surface area contributed by atoms with Crippen LogP contribution in [0, 0.1) is 28.6 Å². The molecule has 0 amide bonds. The lowest BCUT2D eigenvalue weighted by atomic mass is 9.46. The van der Waals surface area contributed by atoms with Crippen LogP contribution in [0.1, 0.15) is 72.1 Å². The molecule has 0 heterocycles. The van der Waals surface area contributed by atoms with Gasteiger partial charge in [0.1, 0.15) is 5.78 Å². The molecule has 3 fully saturated rings. The highest BCUT2D eigenvalue weighted by Gasteiger charge is 2.65. The molecule has 4 heteroatoms. The lowest BCUT2D eigenvalue weighted by Gasteiger charge is -2.59. The summed E-state index contributed by atoms with van der Waals surface area (Å²) in [6.45, 7) is 6.72. The summed E-state index contributed by atoms with van der Waals surface area (Å²) in [4.78, 5) is 24.8. The molecule has 27 heavy (non-hydrogen) atoms. The third kappa shape index (κ3) is 2.65. The molecular weight excluding hydrogens is 356 g/mol. The molecule has 150 valence electrons. The van der Waals surface area contributed by atoms with Gasteiger partial charge in [-0.15, -0.1) is 11.8 Å². The Hall–Kier alpha value is -0.610. The minimum Gasteiger partial charge on any atom is -0.396 e. The van der Waals surface area contributed by atoms with E-state index in [0.717, 1.165) is 32.1 Å². The summed E-state index contributed by atoms with van der Waals surface area (Å²) in [5.74, 6) is 3.23. The highest BCUT2D eigenvalue weighted by molar-refractivity contribution is 8.01. The second-order valence-electron chi connectivity index (χ2n) is 9.92. The van der Waals surface area contributed by atoms with Crippen molar-refractivity contribution in [3.63, 3.8) is 0 Å². The largest absolute Gasteiger partial charge is 0.396 e. The predicted molar refractivity (Wildman–Crippen MR) is 110 cm³/mol. The summed E-state index contributed by atoms with van der Waals surface area (Å²) in [6.07, 6.45) is 10.3. The molecule has 0 radical (unpaired) electrons. The number of hydrogen-bond donors (Lipinski definition) is 1. The summed E-state index contributed by atoms with van der Waals surface area (Å²) in [5.41, 5.74) is 1.65. The maximum Gasteiger partial charge on any atom is 0.155 e. The van der Waals surface area contributed by atoms with E-state index in [1.54, 1.807) is 18.7 Å². The number of fused-ring (bicyclic) bond motifs is 5. The first kappa shape index (κ1) is 19.7. The average Bonchev–Trinajstić information content (AvgIpc) is 2.94. The fraction of sp³-hybridized carbons (Fsp3) is 0.826. The van der Waals surface area contributed by atoms with Crippen LogP contribution in [0.25, 0.3) is 0 Å². The van der Waals surface area contributed by atoms with Gasteiger partial charge in [0.2, 0.25) is 0 Å². The Morgan fingerprint density at radius 1 is 1.15 bits per heavy atom. The molecule has 4 aliphatic rings. The van der Waals surface area contributed by atoms with E-state index in [0.29, 0.717) is 41.5 Å². The molecule has 0 aromatic rings. The molecule has 6 unspecified atom stereocenters. The van der Waals surface area contributed by atoms with Gasteiger partial charge in [-0.1, -0.05) is 19.4 Å². The van der Waals surface area contributed by atoms with Crippen molar-refractivity contribution >= 4 is 23.3 Å². The van der Waals surface area contributed by atoms with Crippen LogP contribution >= 0.6 is 11.8 Å². The third-order valence-electron chi connectivity index (χ3n) is 9.09. The maximum atomic E-state index is 12.9. The van der Waals surface area contributed by atoms with Crippen molar-refractivity contribution in [3.05, 3.63) is 11.6 Å². The van der Waals surface area contributed by atoms with Crippen LogP contribution in [0.15, 0.2) is 11.6 Å². The van der Waals surface area contributed by atoms with Crippen molar-refractivity contribution in [2.75, 3.05) is 12.4 Å². The smallest absolute Gasteiger partial charge is 0.155 e. The van der Waals surface area contributed by atoms with E-state index in [-0.39, 0.29) is 22.2 Å². The maximum absolute atomic E-state index is 12.9. The molecule has 0 aromatic heterocycles. The van der Waals surface area contributed by atoms with Gasteiger partial charge in [0.05, 0.1) is 11.4 Å². The van der Waals surface area contributed by atoms with E-state index >= 15 is 0 Å². The van der Waals surface area contributed by atoms with Crippen molar-refractivity contribution in [3.8, 4) is 0 Å². The summed E-state index contributed by atoms with van der Waals surface area (Å²) in [7, 11) is 0. The van der Waals surface area contributed by atoms with Crippen LogP contribution in [0.3, 0.4) is 0 Å². The number of hydrogen-bond acceptors (Lipinski definition) is 4.